The number of hydrogen-bond donors (Lipinski definition) is 2. The zero-order valence-electron chi connectivity index (χ0n) is 13.5. The molecule has 1 heterocycles. The number of carbonyl (C=O) groups excluding carboxylic acids is 1. The Balaban J connectivity index is 1.75. The topological polar surface area (TPSA) is 74.8 Å². The lowest BCUT2D eigenvalue weighted by molar-refractivity contribution is -0.116. The van der Waals surface area contributed by atoms with Gasteiger partial charge in [-0.1, -0.05) is 25.1 Å². The van der Waals surface area contributed by atoms with E-state index in [1.165, 1.54) is 42.1 Å². The summed E-state index contributed by atoms with van der Waals surface area (Å²) in [4.78, 5) is 30.5. The predicted molar refractivity (Wildman–Crippen MR) is 93.8 cm³/mol. The van der Waals surface area contributed by atoms with Gasteiger partial charge in [0.1, 0.15) is 5.82 Å². The van der Waals surface area contributed by atoms with Gasteiger partial charge in [-0.2, -0.15) is 0 Å². The lowest BCUT2D eigenvalue weighted by atomic mass is 10.2. The summed E-state index contributed by atoms with van der Waals surface area (Å²) in [6, 6.07) is 7.17. The molecule has 0 saturated carbocycles. The van der Waals surface area contributed by atoms with Gasteiger partial charge in [0.2, 0.25) is 5.91 Å². The summed E-state index contributed by atoms with van der Waals surface area (Å²) >= 11 is 1.43. The monoisotopic (exact) mass is 349 g/mol. The molecule has 0 aliphatic carbocycles. The van der Waals surface area contributed by atoms with Crippen molar-refractivity contribution in [2.75, 3.05) is 11.1 Å². The standard InChI is InChI=1S/C17H20FN3O2S/c1-2-4-14-11-16(23)21-17(20-14)24-10-3-5-15(22)19-13-8-6-12(18)7-9-13/h6-9,11H,2-5,10H2,1H3,(H,19,22)(H,20,21,23). The van der Waals surface area contributed by atoms with Crippen LogP contribution in [0.5, 0.6) is 0 Å². The van der Waals surface area contributed by atoms with Crippen molar-refractivity contribution in [2.24, 2.45) is 0 Å². The number of aryl methyl sites for hydroxylation is 1. The van der Waals surface area contributed by atoms with Gasteiger partial charge in [0.25, 0.3) is 5.56 Å². The quantitative estimate of drug-likeness (QED) is 0.435. The maximum atomic E-state index is 12.8. The Morgan fingerprint density at radius 2 is 2.08 bits per heavy atom. The molecule has 0 unspecified atom stereocenters. The molecular weight excluding hydrogens is 329 g/mol. The van der Waals surface area contributed by atoms with Crippen molar-refractivity contribution < 1.29 is 9.18 Å². The second-order valence-corrected chi connectivity index (χ2v) is 6.38. The Labute approximate surface area is 144 Å². The highest BCUT2D eigenvalue weighted by molar-refractivity contribution is 7.99. The molecule has 1 aromatic heterocycles. The van der Waals surface area contributed by atoms with Crippen LogP contribution >= 0.6 is 11.8 Å². The van der Waals surface area contributed by atoms with Gasteiger partial charge in [0, 0.05) is 29.6 Å². The third-order valence-electron chi connectivity index (χ3n) is 3.19. The van der Waals surface area contributed by atoms with Crippen molar-refractivity contribution in [3.05, 3.63) is 52.2 Å². The molecule has 1 amide bonds. The summed E-state index contributed by atoms with van der Waals surface area (Å²) in [7, 11) is 0. The maximum Gasteiger partial charge on any atom is 0.251 e. The highest BCUT2D eigenvalue weighted by Gasteiger charge is 2.05. The van der Waals surface area contributed by atoms with E-state index in [0.717, 1.165) is 18.5 Å². The molecule has 0 spiro atoms. The van der Waals surface area contributed by atoms with Crippen molar-refractivity contribution in [3.63, 3.8) is 0 Å². The molecule has 5 nitrogen and oxygen atoms in total. The fourth-order valence-corrected chi connectivity index (χ4v) is 2.93. The maximum absolute atomic E-state index is 12.8. The van der Waals surface area contributed by atoms with Gasteiger partial charge < -0.3 is 10.3 Å². The van der Waals surface area contributed by atoms with Gasteiger partial charge in [-0.15, -0.1) is 0 Å². The van der Waals surface area contributed by atoms with Gasteiger partial charge in [-0.05, 0) is 37.1 Å². The normalized spacial score (nSPS) is 10.6. The van der Waals surface area contributed by atoms with E-state index in [1.807, 2.05) is 6.92 Å². The average Bonchev–Trinajstić information content (AvgIpc) is 2.54. The first-order valence-electron chi connectivity index (χ1n) is 7.85. The summed E-state index contributed by atoms with van der Waals surface area (Å²) in [5, 5.41) is 3.30. The SMILES string of the molecule is CCCc1cc(=O)[nH]c(SCCCC(=O)Nc2ccc(F)cc2)n1. The van der Waals surface area contributed by atoms with E-state index in [-0.39, 0.29) is 17.3 Å². The zero-order chi connectivity index (χ0) is 17.4. The minimum atomic E-state index is -0.337. The number of amides is 1. The number of rotatable bonds is 8. The van der Waals surface area contributed by atoms with Crippen LogP contribution in [0.4, 0.5) is 10.1 Å². The number of nitrogens with zero attached hydrogens (tertiary/aromatic N) is 1. The fraction of sp³-hybridized carbons (Fsp3) is 0.353. The number of benzene rings is 1. The number of nitrogens with one attached hydrogen (secondary N) is 2. The van der Waals surface area contributed by atoms with Crippen LogP contribution in [0.15, 0.2) is 40.3 Å². The molecule has 2 aromatic rings. The van der Waals surface area contributed by atoms with Crippen LogP contribution in [-0.4, -0.2) is 21.6 Å². The van der Waals surface area contributed by atoms with Crippen LogP contribution < -0.4 is 10.9 Å². The van der Waals surface area contributed by atoms with Crippen LogP contribution in [0.3, 0.4) is 0 Å². The molecular formula is C17H20FN3O2S. The smallest absolute Gasteiger partial charge is 0.251 e. The molecule has 0 aliphatic rings. The van der Waals surface area contributed by atoms with Crippen LogP contribution in [0.2, 0.25) is 0 Å². The molecule has 2 rings (SSSR count). The number of halogens is 1. The summed E-state index contributed by atoms with van der Waals surface area (Å²) in [5.74, 6) is 0.217. The first kappa shape index (κ1) is 18.2. The van der Waals surface area contributed by atoms with E-state index >= 15 is 0 Å². The van der Waals surface area contributed by atoms with Crippen LogP contribution in [-0.2, 0) is 11.2 Å². The number of carbonyl (C=O) groups is 1. The van der Waals surface area contributed by atoms with Crippen molar-refractivity contribution in [3.8, 4) is 0 Å². The average molecular weight is 349 g/mol. The van der Waals surface area contributed by atoms with Gasteiger partial charge in [0.15, 0.2) is 5.16 Å². The number of anilines is 1. The molecule has 1 aromatic carbocycles. The Morgan fingerprint density at radius 1 is 1.33 bits per heavy atom. The minimum absolute atomic E-state index is 0.122. The highest BCUT2D eigenvalue weighted by atomic mass is 32.2. The first-order chi connectivity index (χ1) is 11.6. The number of H-pyrrole nitrogens is 1. The van der Waals surface area contributed by atoms with Crippen molar-refractivity contribution >= 4 is 23.4 Å². The molecule has 7 heteroatoms. The van der Waals surface area contributed by atoms with Gasteiger partial charge in [0.05, 0.1) is 0 Å². The number of aromatic amines is 1. The summed E-state index contributed by atoms with van der Waals surface area (Å²) in [6.07, 6.45) is 2.71. The van der Waals surface area contributed by atoms with Crippen molar-refractivity contribution in [1.82, 2.24) is 9.97 Å². The van der Waals surface area contributed by atoms with Crippen LogP contribution in [0.1, 0.15) is 31.9 Å². The Hall–Kier alpha value is -2.15. The molecule has 0 fully saturated rings. The van der Waals surface area contributed by atoms with E-state index in [9.17, 15) is 14.0 Å². The lowest BCUT2D eigenvalue weighted by Gasteiger charge is -2.05. The van der Waals surface area contributed by atoms with E-state index in [2.05, 4.69) is 15.3 Å². The van der Waals surface area contributed by atoms with Crippen LogP contribution in [0, 0.1) is 5.82 Å². The third-order valence-corrected chi connectivity index (χ3v) is 4.15. The summed E-state index contributed by atoms with van der Waals surface area (Å²) in [6.45, 7) is 2.04. The van der Waals surface area contributed by atoms with E-state index in [0.29, 0.717) is 29.4 Å². The van der Waals surface area contributed by atoms with Crippen LogP contribution in [0.25, 0.3) is 0 Å². The fourth-order valence-electron chi connectivity index (χ4n) is 2.09. The van der Waals surface area contributed by atoms with Crippen molar-refractivity contribution in [1.29, 1.82) is 0 Å². The molecule has 0 bridgehead atoms. The Kier molecular flexibility index (Phi) is 6.99. The first-order valence-corrected chi connectivity index (χ1v) is 8.84. The van der Waals surface area contributed by atoms with Gasteiger partial charge in [-0.3, -0.25) is 9.59 Å². The third kappa shape index (κ3) is 6.16. The molecule has 0 radical (unpaired) electrons. The zero-order valence-corrected chi connectivity index (χ0v) is 14.3. The molecule has 2 N–H and O–H groups in total. The largest absolute Gasteiger partial charge is 0.326 e. The second-order valence-electron chi connectivity index (χ2n) is 5.30. The van der Waals surface area contributed by atoms with Gasteiger partial charge >= 0.3 is 0 Å². The number of aromatic nitrogens is 2. The Morgan fingerprint density at radius 3 is 2.79 bits per heavy atom. The van der Waals surface area contributed by atoms with E-state index in [4.69, 9.17) is 0 Å². The number of hydrogen-bond acceptors (Lipinski definition) is 4. The van der Waals surface area contributed by atoms with E-state index < -0.39 is 0 Å². The second kappa shape index (κ2) is 9.22. The Bertz CT molecular complexity index is 731. The van der Waals surface area contributed by atoms with E-state index in [1.54, 1.807) is 0 Å². The molecule has 0 saturated heterocycles. The minimum Gasteiger partial charge on any atom is -0.326 e. The summed E-state index contributed by atoms with van der Waals surface area (Å²) < 4.78 is 12.8. The predicted octanol–water partition coefficient (Wildman–Crippen LogP) is 3.37. The number of thioether (sulfide) groups is 1. The lowest BCUT2D eigenvalue weighted by Crippen LogP contribution is -2.12. The highest BCUT2D eigenvalue weighted by Crippen LogP contribution is 2.15. The molecule has 24 heavy (non-hydrogen) atoms. The summed E-state index contributed by atoms with van der Waals surface area (Å²) in [5.41, 5.74) is 1.22. The molecule has 128 valence electrons. The van der Waals surface area contributed by atoms with Crippen molar-refractivity contribution in [2.45, 2.75) is 37.8 Å². The molecule has 0 aliphatic heterocycles. The molecule has 0 atom stereocenters. The van der Waals surface area contributed by atoms with Gasteiger partial charge in [-0.25, -0.2) is 9.37 Å².